The van der Waals surface area contributed by atoms with Gasteiger partial charge in [0.05, 0.1) is 4.88 Å². The number of rotatable bonds is 1. The fraction of sp³-hybridized carbons (Fsp3) is 0.143. The Morgan fingerprint density at radius 1 is 1.36 bits per heavy atom. The summed E-state index contributed by atoms with van der Waals surface area (Å²) in [4.78, 5) is 2.52. The van der Waals surface area contributed by atoms with Crippen LogP contribution in [0.25, 0.3) is 10.6 Å². The molecule has 2 nitrogen and oxygen atoms in total. The smallest absolute Gasteiger partial charge is 0.115 e. The van der Waals surface area contributed by atoms with Crippen LogP contribution in [0.1, 0.15) is 4.88 Å². The number of nitrogens with zero attached hydrogens (tertiary/aromatic N) is 2. The third kappa shape index (κ3) is 1.32. The maximum atomic E-state index is 3.98. The van der Waals surface area contributed by atoms with Crippen molar-refractivity contribution in [1.29, 1.82) is 0 Å². The molecule has 0 amide bonds. The van der Waals surface area contributed by atoms with Gasteiger partial charge in [-0.3, -0.25) is 0 Å². The van der Waals surface area contributed by atoms with Crippen LogP contribution in [0.15, 0.2) is 17.5 Å². The van der Waals surface area contributed by atoms with Crippen molar-refractivity contribution in [3.05, 3.63) is 22.4 Å². The second-order valence-electron chi connectivity index (χ2n) is 2.20. The lowest BCUT2D eigenvalue weighted by molar-refractivity contribution is 1.17. The van der Waals surface area contributed by atoms with Crippen LogP contribution in [0, 0.1) is 6.92 Å². The highest BCUT2D eigenvalue weighted by Gasteiger charge is 2.01. The van der Waals surface area contributed by atoms with Gasteiger partial charge in [-0.05, 0) is 30.6 Å². The first kappa shape index (κ1) is 6.94. The Morgan fingerprint density at radius 3 is 2.82 bits per heavy atom. The minimum absolute atomic E-state index is 0.994. The fourth-order valence-electron chi connectivity index (χ4n) is 0.844. The molecule has 2 heterocycles. The molecular formula is C7H6N2S2. The molecule has 2 rings (SSSR count). The Morgan fingerprint density at radius 2 is 2.27 bits per heavy atom. The summed E-state index contributed by atoms with van der Waals surface area (Å²) in [6, 6.07) is 4.18. The molecule has 0 unspecified atom stereocenters. The van der Waals surface area contributed by atoms with Crippen molar-refractivity contribution in [1.82, 2.24) is 9.59 Å². The van der Waals surface area contributed by atoms with Crippen LogP contribution in [-0.4, -0.2) is 9.59 Å². The monoisotopic (exact) mass is 182 g/mol. The molecule has 0 radical (unpaired) electrons. The maximum absolute atomic E-state index is 3.98. The van der Waals surface area contributed by atoms with E-state index in [1.54, 1.807) is 11.3 Å². The molecule has 0 saturated heterocycles. The Labute approximate surface area is 72.7 Å². The highest BCUT2D eigenvalue weighted by atomic mass is 32.1. The minimum atomic E-state index is 0.994. The molecule has 2 aromatic rings. The molecule has 0 fully saturated rings. The molecule has 0 spiro atoms. The van der Waals surface area contributed by atoms with Gasteiger partial charge in [-0.15, -0.1) is 16.4 Å². The molecule has 0 aliphatic rings. The Balaban J connectivity index is 2.45. The summed E-state index contributed by atoms with van der Waals surface area (Å²) in [6.45, 7) is 2.09. The van der Waals surface area contributed by atoms with Crippen LogP contribution in [0.4, 0.5) is 0 Å². The quantitative estimate of drug-likeness (QED) is 0.677. The van der Waals surface area contributed by atoms with Crippen LogP contribution in [0.5, 0.6) is 0 Å². The van der Waals surface area contributed by atoms with Crippen LogP contribution in [-0.2, 0) is 0 Å². The van der Waals surface area contributed by atoms with Crippen LogP contribution < -0.4 is 0 Å². The van der Waals surface area contributed by atoms with Gasteiger partial charge in [0.15, 0.2) is 0 Å². The van der Waals surface area contributed by atoms with E-state index < -0.39 is 0 Å². The summed E-state index contributed by atoms with van der Waals surface area (Å²) in [7, 11) is 0. The van der Waals surface area contributed by atoms with E-state index in [0.29, 0.717) is 0 Å². The standard InChI is InChI=1S/C7H6N2S2/c1-5-2-3-7(11-5)6-4-10-9-8-6/h2-4H,1H3. The predicted molar refractivity (Wildman–Crippen MR) is 48.0 cm³/mol. The van der Waals surface area contributed by atoms with Crippen LogP contribution in [0.3, 0.4) is 0 Å². The molecule has 0 atom stereocenters. The number of thiophene rings is 1. The number of aromatic nitrogens is 2. The summed E-state index contributed by atoms with van der Waals surface area (Å²) in [6.07, 6.45) is 0. The highest BCUT2D eigenvalue weighted by molar-refractivity contribution is 7.15. The molecule has 0 aliphatic carbocycles. The normalized spacial score (nSPS) is 10.3. The van der Waals surface area contributed by atoms with E-state index in [1.165, 1.54) is 21.3 Å². The molecule has 4 heteroatoms. The summed E-state index contributed by atoms with van der Waals surface area (Å²) in [5.74, 6) is 0. The topological polar surface area (TPSA) is 25.8 Å². The van der Waals surface area contributed by atoms with Crippen molar-refractivity contribution in [3.63, 3.8) is 0 Å². The molecule has 11 heavy (non-hydrogen) atoms. The Bertz CT molecular complexity index is 337. The van der Waals surface area contributed by atoms with Crippen molar-refractivity contribution < 1.29 is 0 Å². The number of hydrogen-bond donors (Lipinski definition) is 0. The van der Waals surface area contributed by atoms with Crippen molar-refractivity contribution in [2.24, 2.45) is 0 Å². The molecule has 2 aromatic heterocycles. The molecule has 0 bridgehead atoms. The van der Waals surface area contributed by atoms with E-state index >= 15 is 0 Å². The lowest BCUT2D eigenvalue weighted by Gasteiger charge is -1.83. The van der Waals surface area contributed by atoms with Gasteiger partial charge in [-0.1, -0.05) is 4.49 Å². The summed E-state index contributed by atoms with van der Waals surface area (Å²) in [5.41, 5.74) is 0.994. The van der Waals surface area contributed by atoms with Gasteiger partial charge in [0.1, 0.15) is 5.69 Å². The highest BCUT2D eigenvalue weighted by Crippen LogP contribution is 2.25. The Kier molecular flexibility index (Phi) is 1.71. The van der Waals surface area contributed by atoms with E-state index in [1.807, 2.05) is 5.38 Å². The molecule has 0 aliphatic heterocycles. The first-order chi connectivity index (χ1) is 5.36. The first-order valence-electron chi connectivity index (χ1n) is 3.20. The van der Waals surface area contributed by atoms with Gasteiger partial charge in [0.25, 0.3) is 0 Å². The third-order valence-electron chi connectivity index (χ3n) is 1.35. The predicted octanol–water partition coefficient (Wildman–Crippen LogP) is 2.58. The van der Waals surface area contributed by atoms with Crippen LogP contribution >= 0.6 is 22.9 Å². The zero-order valence-corrected chi connectivity index (χ0v) is 7.58. The summed E-state index contributed by atoms with van der Waals surface area (Å²) in [5, 5.41) is 5.94. The van der Waals surface area contributed by atoms with Crippen molar-refractivity contribution >= 4 is 22.9 Å². The van der Waals surface area contributed by atoms with Crippen molar-refractivity contribution in [2.45, 2.75) is 6.92 Å². The Hall–Kier alpha value is -0.740. The van der Waals surface area contributed by atoms with E-state index in [2.05, 4.69) is 28.6 Å². The zero-order valence-electron chi connectivity index (χ0n) is 5.94. The molecule has 56 valence electrons. The average molecular weight is 182 g/mol. The van der Waals surface area contributed by atoms with Crippen LogP contribution in [0.2, 0.25) is 0 Å². The van der Waals surface area contributed by atoms with E-state index in [4.69, 9.17) is 0 Å². The van der Waals surface area contributed by atoms with Gasteiger partial charge in [0.2, 0.25) is 0 Å². The first-order valence-corrected chi connectivity index (χ1v) is 4.85. The lowest BCUT2D eigenvalue weighted by Crippen LogP contribution is -1.69. The second-order valence-corrected chi connectivity index (χ2v) is 4.10. The second kappa shape index (κ2) is 2.71. The van der Waals surface area contributed by atoms with Gasteiger partial charge in [-0.25, -0.2) is 0 Å². The molecule has 0 saturated carbocycles. The zero-order chi connectivity index (χ0) is 7.68. The fourth-order valence-corrected chi connectivity index (χ4v) is 2.20. The SMILES string of the molecule is Cc1ccc(-c2csnn2)s1. The van der Waals surface area contributed by atoms with Gasteiger partial charge in [-0.2, -0.15) is 0 Å². The maximum Gasteiger partial charge on any atom is 0.115 e. The lowest BCUT2D eigenvalue weighted by atomic mass is 10.4. The third-order valence-corrected chi connectivity index (χ3v) is 2.88. The minimum Gasteiger partial charge on any atom is -0.139 e. The van der Waals surface area contributed by atoms with E-state index in [9.17, 15) is 0 Å². The van der Waals surface area contributed by atoms with Gasteiger partial charge >= 0.3 is 0 Å². The molecule has 0 aromatic carbocycles. The molecular weight excluding hydrogens is 176 g/mol. The summed E-state index contributed by atoms with van der Waals surface area (Å²) < 4.78 is 3.81. The average Bonchev–Trinajstić information content (AvgIpc) is 2.55. The van der Waals surface area contributed by atoms with E-state index in [0.717, 1.165) is 5.69 Å². The van der Waals surface area contributed by atoms with Crippen molar-refractivity contribution in [2.75, 3.05) is 0 Å². The molecule has 0 N–H and O–H groups in total. The summed E-state index contributed by atoms with van der Waals surface area (Å²) >= 11 is 3.14. The largest absolute Gasteiger partial charge is 0.139 e. The number of hydrogen-bond acceptors (Lipinski definition) is 4. The van der Waals surface area contributed by atoms with Gasteiger partial charge in [0, 0.05) is 10.3 Å². The van der Waals surface area contributed by atoms with E-state index in [-0.39, 0.29) is 0 Å². The number of aryl methyl sites for hydroxylation is 1. The van der Waals surface area contributed by atoms with Crippen molar-refractivity contribution in [3.8, 4) is 10.6 Å². The van der Waals surface area contributed by atoms with Gasteiger partial charge < -0.3 is 0 Å².